The lowest BCUT2D eigenvalue weighted by atomic mass is 10.1. The van der Waals surface area contributed by atoms with Crippen LogP contribution in [0.2, 0.25) is 0 Å². The topological polar surface area (TPSA) is 23.5 Å². The molecule has 1 aromatic rings. The number of anilines is 1. The molecule has 1 fully saturated rings. The van der Waals surface area contributed by atoms with E-state index in [1.54, 1.807) is 0 Å². The van der Waals surface area contributed by atoms with E-state index in [2.05, 4.69) is 40.7 Å². The zero-order valence-electron chi connectivity index (χ0n) is 10.5. The Hall–Kier alpha value is -0.540. The van der Waals surface area contributed by atoms with Crippen molar-refractivity contribution < 1.29 is 5.11 Å². The first-order valence-corrected chi connectivity index (χ1v) is 7.07. The molecular formula is C14H20BrNO. The lowest BCUT2D eigenvalue weighted by Gasteiger charge is -2.28. The van der Waals surface area contributed by atoms with E-state index in [1.807, 2.05) is 12.1 Å². The third kappa shape index (κ3) is 3.23. The van der Waals surface area contributed by atoms with E-state index < -0.39 is 0 Å². The van der Waals surface area contributed by atoms with Gasteiger partial charge in [0.1, 0.15) is 0 Å². The minimum atomic E-state index is 0.115. The van der Waals surface area contributed by atoms with Gasteiger partial charge in [-0.05, 0) is 30.9 Å². The number of nitrogens with zero attached hydrogens (tertiary/aromatic N) is 1. The molecule has 0 heterocycles. The van der Waals surface area contributed by atoms with E-state index in [-0.39, 0.29) is 6.61 Å². The average Bonchev–Trinajstić information content (AvgIpc) is 3.09. The molecule has 1 aromatic carbocycles. The molecule has 0 saturated heterocycles. The summed E-state index contributed by atoms with van der Waals surface area (Å²) in [7, 11) is 0. The second-order valence-electron chi connectivity index (χ2n) is 5.21. The Kier molecular flexibility index (Phi) is 4.10. The molecule has 0 aliphatic heterocycles. The Morgan fingerprint density at radius 2 is 2.12 bits per heavy atom. The van der Waals surface area contributed by atoms with E-state index >= 15 is 0 Å². The summed E-state index contributed by atoms with van der Waals surface area (Å²) in [5, 5.41) is 9.45. The van der Waals surface area contributed by atoms with Gasteiger partial charge in [0.25, 0.3) is 0 Å². The second kappa shape index (κ2) is 5.40. The summed E-state index contributed by atoms with van der Waals surface area (Å²) >= 11 is 3.52. The maximum Gasteiger partial charge on any atom is 0.0702 e. The van der Waals surface area contributed by atoms with Gasteiger partial charge in [0.15, 0.2) is 0 Å². The molecule has 0 atom stereocenters. The van der Waals surface area contributed by atoms with Crippen LogP contribution >= 0.6 is 15.9 Å². The molecule has 0 unspecified atom stereocenters. The van der Waals surface area contributed by atoms with Gasteiger partial charge in [0.05, 0.1) is 6.61 Å². The van der Waals surface area contributed by atoms with Crippen LogP contribution in [-0.2, 0) is 6.61 Å². The molecule has 0 radical (unpaired) electrons. The lowest BCUT2D eigenvalue weighted by Crippen LogP contribution is -2.30. The van der Waals surface area contributed by atoms with Gasteiger partial charge in [-0.25, -0.2) is 0 Å². The molecule has 1 N–H and O–H groups in total. The molecule has 1 aliphatic rings. The van der Waals surface area contributed by atoms with E-state index in [9.17, 15) is 5.11 Å². The van der Waals surface area contributed by atoms with Crippen LogP contribution in [-0.4, -0.2) is 17.7 Å². The molecule has 0 aromatic heterocycles. The fraction of sp³-hybridized carbons (Fsp3) is 0.571. The Labute approximate surface area is 112 Å². The van der Waals surface area contributed by atoms with Gasteiger partial charge in [-0.1, -0.05) is 35.8 Å². The van der Waals surface area contributed by atoms with Gasteiger partial charge in [-0.2, -0.15) is 0 Å². The molecule has 2 nitrogen and oxygen atoms in total. The highest BCUT2D eigenvalue weighted by atomic mass is 79.9. The standard InChI is InChI=1S/C14H20BrNO/c1-10(2)8-16(13-5-6-13)14-7-12(15)4-3-11(14)9-17/h3-4,7,10,13,17H,5-6,8-9H2,1-2H3. The first-order chi connectivity index (χ1) is 8.11. The van der Waals surface area contributed by atoms with Crippen molar-refractivity contribution in [3.63, 3.8) is 0 Å². The Morgan fingerprint density at radius 3 is 2.65 bits per heavy atom. The van der Waals surface area contributed by atoms with Crippen molar-refractivity contribution >= 4 is 21.6 Å². The van der Waals surface area contributed by atoms with Crippen LogP contribution in [0.4, 0.5) is 5.69 Å². The SMILES string of the molecule is CC(C)CN(c1cc(Br)ccc1CO)C1CC1. The monoisotopic (exact) mass is 297 g/mol. The zero-order chi connectivity index (χ0) is 12.4. The van der Waals surface area contributed by atoms with Crippen molar-refractivity contribution in [2.24, 2.45) is 5.92 Å². The third-order valence-electron chi connectivity index (χ3n) is 3.08. The maximum atomic E-state index is 9.45. The predicted molar refractivity (Wildman–Crippen MR) is 75.3 cm³/mol. The van der Waals surface area contributed by atoms with Crippen LogP contribution in [0.15, 0.2) is 22.7 Å². The number of aliphatic hydroxyl groups is 1. The molecule has 0 spiro atoms. The number of hydrogen-bond donors (Lipinski definition) is 1. The molecule has 1 aliphatic carbocycles. The minimum absolute atomic E-state index is 0.115. The molecule has 2 rings (SSSR count). The van der Waals surface area contributed by atoms with Crippen LogP contribution in [0.25, 0.3) is 0 Å². The molecule has 17 heavy (non-hydrogen) atoms. The molecule has 0 bridgehead atoms. The largest absolute Gasteiger partial charge is 0.392 e. The van der Waals surface area contributed by atoms with Crippen molar-refractivity contribution in [3.8, 4) is 0 Å². The predicted octanol–water partition coefficient (Wildman–Crippen LogP) is 3.57. The van der Waals surface area contributed by atoms with Gasteiger partial charge in [0, 0.05) is 28.3 Å². The summed E-state index contributed by atoms with van der Waals surface area (Å²) in [4.78, 5) is 2.46. The molecule has 3 heteroatoms. The Morgan fingerprint density at radius 1 is 1.41 bits per heavy atom. The van der Waals surface area contributed by atoms with E-state index in [0.29, 0.717) is 12.0 Å². The Bertz CT molecular complexity index is 388. The summed E-state index contributed by atoms with van der Waals surface area (Å²) in [5.74, 6) is 0.640. The highest BCUT2D eigenvalue weighted by Gasteiger charge is 2.30. The van der Waals surface area contributed by atoms with Crippen LogP contribution < -0.4 is 4.90 Å². The fourth-order valence-corrected chi connectivity index (χ4v) is 2.51. The molecule has 94 valence electrons. The minimum Gasteiger partial charge on any atom is -0.392 e. The first kappa shape index (κ1) is 12.9. The van der Waals surface area contributed by atoms with Gasteiger partial charge in [0.2, 0.25) is 0 Å². The summed E-state index contributed by atoms with van der Waals surface area (Å²) in [5.41, 5.74) is 2.22. The number of halogens is 1. The van der Waals surface area contributed by atoms with Crippen LogP contribution in [0.5, 0.6) is 0 Å². The van der Waals surface area contributed by atoms with Crippen molar-refractivity contribution in [1.82, 2.24) is 0 Å². The number of benzene rings is 1. The van der Waals surface area contributed by atoms with E-state index in [1.165, 1.54) is 18.5 Å². The molecule has 0 amide bonds. The van der Waals surface area contributed by atoms with Crippen LogP contribution in [0.3, 0.4) is 0 Å². The van der Waals surface area contributed by atoms with Crippen LogP contribution in [0.1, 0.15) is 32.3 Å². The summed E-state index contributed by atoms with van der Waals surface area (Å²) < 4.78 is 1.08. The fourth-order valence-electron chi connectivity index (χ4n) is 2.16. The van der Waals surface area contributed by atoms with Gasteiger partial charge >= 0.3 is 0 Å². The van der Waals surface area contributed by atoms with Crippen LogP contribution in [0, 0.1) is 5.92 Å². The van der Waals surface area contributed by atoms with Gasteiger partial charge < -0.3 is 10.0 Å². The van der Waals surface area contributed by atoms with Crippen molar-refractivity contribution in [2.45, 2.75) is 39.3 Å². The van der Waals surface area contributed by atoms with E-state index in [4.69, 9.17) is 0 Å². The summed E-state index contributed by atoms with van der Waals surface area (Å²) in [6.45, 7) is 5.66. The number of rotatable bonds is 5. The lowest BCUT2D eigenvalue weighted by molar-refractivity contribution is 0.282. The Balaban J connectivity index is 2.30. The van der Waals surface area contributed by atoms with Crippen molar-refractivity contribution in [1.29, 1.82) is 0 Å². The van der Waals surface area contributed by atoms with Crippen molar-refractivity contribution in [2.75, 3.05) is 11.4 Å². The van der Waals surface area contributed by atoms with Crippen molar-refractivity contribution in [3.05, 3.63) is 28.2 Å². The highest BCUT2D eigenvalue weighted by molar-refractivity contribution is 9.10. The van der Waals surface area contributed by atoms with Gasteiger partial charge in [-0.3, -0.25) is 0 Å². The maximum absolute atomic E-state index is 9.45. The normalized spacial score (nSPS) is 15.4. The highest BCUT2D eigenvalue weighted by Crippen LogP contribution is 2.35. The first-order valence-electron chi connectivity index (χ1n) is 6.27. The summed E-state index contributed by atoms with van der Waals surface area (Å²) in [6.07, 6.45) is 2.56. The second-order valence-corrected chi connectivity index (χ2v) is 6.12. The average molecular weight is 298 g/mol. The summed E-state index contributed by atoms with van der Waals surface area (Å²) in [6, 6.07) is 6.81. The zero-order valence-corrected chi connectivity index (χ0v) is 12.1. The smallest absolute Gasteiger partial charge is 0.0702 e. The van der Waals surface area contributed by atoms with Gasteiger partial charge in [-0.15, -0.1) is 0 Å². The quantitative estimate of drug-likeness (QED) is 0.898. The third-order valence-corrected chi connectivity index (χ3v) is 3.57. The number of aliphatic hydroxyl groups excluding tert-OH is 1. The molecule has 1 saturated carbocycles. The van der Waals surface area contributed by atoms with E-state index in [0.717, 1.165) is 16.6 Å². The molecular weight excluding hydrogens is 278 g/mol. The number of hydrogen-bond acceptors (Lipinski definition) is 2.